The molecule has 0 amide bonds. The van der Waals surface area contributed by atoms with Gasteiger partial charge in [-0.15, -0.1) is 0 Å². The van der Waals surface area contributed by atoms with Crippen molar-refractivity contribution in [3.8, 4) is 0 Å². The van der Waals surface area contributed by atoms with Crippen molar-refractivity contribution in [3.05, 3.63) is 12.4 Å². The van der Waals surface area contributed by atoms with Gasteiger partial charge in [0.25, 0.3) is 0 Å². The third kappa shape index (κ3) is 3.79. The van der Waals surface area contributed by atoms with Crippen molar-refractivity contribution in [2.45, 2.75) is 37.6 Å². The highest BCUT2D eigenvalue weighted by Gasteiger charge is 2.21. The van der Waals surface area contributed by atoms with E-state index >= 15 is 0 Å². The average Bonchev–Trinajstić information content (AvgIpc) is 2.82. The van der Waals surface area contributed by atoms with Crippen molar-refractivity contribution in [3.63, 3.8) is 0 Å². The van der Waals surface area contributed by atoms with E-state index in [9.17, 15) is 8.42 Å². The molecular weight excluding hydrogens is 252 g/mol. The Morgan fingerprint density at radius 3 is 2.78 bits per heavy atom. The van der Waals surface area contributed by atoms with Crippen LogP contribution in [0.4, 0.5) is 0 Å². The Bertz CT molecular complexity index is 455. The number of unbranched alkanes of at least 4 members (excludes halogenated alkanes) is 1. The van der Waals surface area contributed by atoms with Gasteiger partial charge in [-0.1, -0.05) is 13.3 Å². The van der Waals surface area contributed by atoms with Crippen molar-refractivity contribution < 1.29 is 8.42 Å². The largest absolute Gasteiger partial charge is 0.330 e. The maximum absolute atomic E-state index is 12.2. The van der Waals surface area contributed by atoms with Crippen LogP contribution < -0.4 is 5.73 Å². The third-order valence-corrected chi connectivity index (χ3v) is 4.55. The van der Waals surface area contributed by atoms with Crippen molar-refractivity contribution in [2.24, 2.45) is 5.73 Å². The van der Waals surface area contributed by atoms with Crippen molar-refractivity contribution in [2.75, 3.05) is 20.1 Å². The molecule has 1 heterocycles. The molecule has 18 heavy (non-hydrogen) atoms. The van der Waals surface area contributed by atoms with Crippen molar-refractivity contribution >= 4 is 10.0 Å². The predicted molar refractivity (Wildman–Crippen MR) is 70.6 cm³/mol. The molecular formula is C11H22N4O2S. The first-order valence-corrected chi connectivity index (χ1v) is 7.65. The van der Waals surface area contributed by atoms with E-state index in [1.54, 1.807) is 17.9 Å². The zero-order valence-electron chi connectivity index (χ0n) is 11.0. The summed E-state index contributed by atoms with van der Waals surface area (Å²) in [5.41, 5.74) is 5.40. The van der Waals surface area contributed by atoms with Crippen LogP contribution in [-0.2, 0) is 16.6 Å². The second kappa shape index (κ2) is 6.86. The molecule has 0 aliphatic rings. The fourth-order valence-corrected chi connectivity index (χ4v) is 2.70. The molecule has 0 unspecified atom stereocenters. The summed E-state index contributed by atoms with van der Waals surface area (Å²) in [4.78, 5) is 0.248. The Morgan fingerprint density at radius 1 is 1.44 bits per heavy atom. The Labute approximate surface area is 109 Å². The summed E-state index contributed by atoms with van der Waals surface area (Å²) in [6.45, 7) is 3.78. The molecule has 7 heteroatoms. The lowest BCUT2D eigenvalue weighted by Crippen LogP contribution is -2.27. The number of rotatable bonds is 8. The monoisotopic (exact) mass is 274 g/mol. The SMILES string of the molecule is CCCCN(C)S(=O)(=O)c1cnn(CCCN)c1. The smallest absolute Gasteiger partial charge is 0.245 e. The number of nitrogens with two attached hydrogens (primary N) is 1. The van der Waals surface area contributed by atoms with Gasteiger partial charge in [0.05, 0.1) is 6.20 Å². The quantitative estimate of drug-likeness (QED) is 0.755. The van der Waals surface area contributed by atoms with Crippen LogP contribution in [0, 0.1) is 0 Å². The summed E-state index contributed by atoms with van der Waals surface area (Å²) < 4.78 is 27.3. The maximum Gasteiger partial charge on any atom is 0.245 e. The number of sulfonamides is 1. The van der Waals surface area contributed by atoms with E-state index in [0.717, 1.165) is 19.3 Å². The minimum atomic E-state index is -3.40. The molecule has 0 fully saturated rings. The summed E-state index contributed by atoms with van der Waals surface area (Å²) in [5, 5.41) is 4.04. The predicted octanol–water partition coefficient (Wildman–Crippen LogP) is 0.653. The van der Waals surface area contributed by atoms with Gasteiger partial charge in [0.15, 0.2) is 0 Å². The van der Waals surface area contributed by atoms with Gasteiger partial charge < -0.3 is 5.73 Å². The van der Waals surface area contributed by atoms with Crippen LogP contribution in [0.3, 0.4) is 0 Å². The first-order chi connectivity index (χ1) is 8.52. The molecule has 6 nitrogen and oxygen atoms in total. The second-order valence-electron chi connectivity index (χ2n) is 4.26. The van der Waals surface area contributed by atoms with E-state index in [4.69, 9.17) is 5.73 Å². The second-order valence-corrected chi connectivity index (χ2v) is 6.31. The zero-order valence-corrected chi connectivity index (χ0v) is 11.9. The highest BCUT2D eigenvalue weighted by molar-refractivity contribution is 7.89. The van der Waals surface area contributed by atoms with Gasteiger partial charge >= 0.3 is 0 Å². The fraction of sp³-hybridized carbons (Fsp3) is 0.727. The molecule has 0 atom stereocenters. The van der Waals surface area contributed by atoms with Gasteiger partial charge in [0, 0.05) is 26.3 Å². The highest BCUT2D eigenvalue weighted by atomic mass is 32.2. The van der Waals surface area contributed by atoms with Gasteiger partial charge in [-0.25, -0.2) is 12.7 Å². The molecule has 1 rings (SSSR count). The number of nitrogens with zero attached hydrogens (tertiary/aromatic N) is 3. The maximum atomic E-state index is 12.2. The van der Waals surface area contributed by atoms with Crippen LogP contribution in [0.2, 0.25) is 0 Å². The van der Waals surface area contributed by atoms with E-state index in [0.29, 0.717) is 19.6 Å². The minimum Gasteiger partial charge on any atom is -0.330 e. The Balaban J connectivity index is 2.75. The Morgan fingerprint density at radius 2 is 2.17 bits per heavy atom. The minimum absolute atomic E-state index is 0.248. The normalized spacial score (nSPS) is 12.2. The topological polar surface area (TPSA) is 81.2 Å². The lowest BCUT2D eigenvalue weighted by Gasteiger charge is -2.15. The van der Waals surface area contributed by atoms with E-state index < -0.39 is 10.0 Å². The zero-order chi connectivity index (χ0) is 13.6. The van der Waals surface area contributed by atoms with Gasteiger partial charge in [-0.3, -0.25) is 4.68 Å². The Kier molecular flexibility index (Phi) is 5.77. The third-order valence-electron chi connectivity index (χ3n) is 2.74. The van der Waals surface area contributed by atoms with Crippen LogP contribution in [-0.4, -0.2) is 42.6 Å². The average molecular weight is 274 g/mol. The van der Waals surface area contributed by atoms with Crippen LogP contribution in [0.15, 0.2) is 17.3 Å². The van der Waals surface area contributed by atoms with Gasteiger partial charge in [0.2, 0.25) is 10.0 Å². The molecule has 0 aliphatic carbocycles. The van der Waals surface area contributed by atoms with E-state index in [1.165, 1.54) is 10.5 Å². The molecule has 0 aromatic carbocycles. The van der Waals surface area contributed by atoms with E-state index in [1.807, 2.05) is 6.92 Å². The summed E-state index contributed by atoms with van der Waals surface area (Å²) in [6.07, 6.45) is 5.57. The van der Waals surface area contributed by atoms with E-state index in [-0.39, 0.29) is 4.90 Å². The molecule has 1 aromatic heterocycles. The molecule has 0 spiro atoms. The number of hydrogen-bond donors (Lipinski definition) is 1. The molecule has 1 aromatic rings. The number of aromatic nitrogens is 2. The van der Waals surface area contributed by atoms with Gasteiger partial charge in [0.1, 0.15) is 4.90 Å². The van der Waals surface area contributed by atoms with Gasteiger partial charge in [-0.2, -0.15) is 5.10 Å². The summed E-state index contributed by atoms with van der Waals surface area (Å²) in [7, 11) is -1.80. The molecule has 0 saturated carbocycles. The lowest BCUT2D eigenvalue weighted by molar-refractivity contribution is 0.459. The van der Waals surface area contributed by atoms with E-state index in [2.05, 4.69) is 5.10 Å². The van der Waals surface area contributed by atoms with Crippen LogP contribution >= 0.6 is 0 Å². The molecule has 2 N–H and O–H groups in total. The molecule has 0 bridgehead atoms. The lowest BCUT2D eigenvalue weighted by atomic mass is 10.3. The van der Waals surface area contributed by atoms with Gasteiger partial charge in [-0.05, 0) is 19.4 Å². The molecule has 0 radical (unpaired) electrons. The highest BCUT2D eigenvalue weighted by Crippen LogP contribution is 2.13. The first-order valence-electron chi connectivity index (χ1n) is 6.21. The standard InChI is InChI=1S/C11H22N4O2S/c1-3-4-7-14(2)18(16,17)11-9-13-15(10-11)8-5-6-12/h9-10H,3-8,12H2,1-2H3. The molecule has 0 aliphatic heterocycles. The molecule has 104 valence electrons. The number of aryl methyl sites for hydroxylation is 1. The first kappa shape index (κ1) is 15.1. The number of hydrogen-bond acceptors (Lipinski definition) is 4. The van der Waals surface area contributed by atoms with Crippen molar-refractivity contribution in [1.29, 1.82) is 0 Å². The summed E-state index contributed by atoms with van der Waals surface area (Å²) in [5.74, 6) is 0. The Hall–Kier alpha value is -0.920. The van der Waals surface area contributed by atoms with Crippen LogP contribution in [0.1, 0.15) is 26.2 Å². The summed E-state index contributed by atoms with van der Waals surface area (Å²) >= 11 is 0. The fourth-order valence-electron chi connectivity index (χ4n) is 1.53. The van der Waals surface area contributed by atoms with Crippen LogP contribution in [0.5, 0.6) is 0 Å². The van der Waals surface area contributed by atoms with Crippen molar-refractivity contribution in [1.82, 2.24) is 14.1 Å². The molecule has 0 saturated heterocycles. The summed E-state index contributed by atoms with van der Waals surface area (Å²) in [6, 6.07) is 0. The van der Waals surface area contributed by atoms with Crippen LogP contribution in [0.25, 0.3) is 0 Å².